The van der Waals surface area contributed by atoms with Gasteiger partial charge in [0.1, 0.15) is 17.5 Å². The molecule has 0 radical (unpaired) electrons. The molecule has 2 rings (SSSR count). The molecule has 0 saturated carbocycles. The van der Waals surface area contributed by atoms with Crippen LogP contribution < -0.4 is 21.7 Å². The highest BCUT2D eigenvalue weighted by molar-refractivity contribution is 6.00. The first kappa shape index (κ1) is 18.6. The number of nitrogens with two attached hydrogens (primary N) is 1. The smallest absolute Gasteiger partial charge is 0.323 e. The van der Waals surface area contributed by atoms with Gasteiger partial charge in [-0.05, 0) is 24.3 Å². The van der Waals surface area contributed by atoms with Gasteiger partial charge >= 0.3 is 6.03 Å². The molecule has 0 fully saturated rings. The van der Waals surface area contributed by atoms with E-state index in [2.05, 4.69) is 16.0 Å². The average Bonchev–Trinajstić information content (AvgIpc) is 2.51. The number of hydrogen-bond acceptors (Lipinski definition) is 4. The molecule has 9 heteroatoms. The van der Waals surface area contributed by atoms with Gasteiger partial charge < -0.3 is 26.8 Å². The summed E-state index contributed by atoms with van der Waals surface area (Å²) in [5.41, 5.74) is 5.40. The fourth-order valence-corrected chi connectivity index (χ4v) is 2.14. The fraction of sp³-hybridized carbons (Fsp3) is 0.188. The van der Waals surface area contributed by atoms with E-state index >= 15 is 0 Å². The maximum atomic E-state index is 13.6. The Hall–Kier alpha value is -2.78. The van der Waals surface area contributed by atoms with E-state index in [1.165, 1.54) is 12.1 Å². The molecule has 0 spiro atoms. The molecule has 2 aromatic carbocycles. The molecule has 0 aliphatic carbocycles. The maximum absolute atomic E-state index is 13.6. The molecule has 0 saturated heterocycles. The highest BCUT2D eigenvalue weighted by Gasteiger charge is 2.13. The molecule has 0 aliphatic rings. The number of rotatable bonds is 6. The van der Waals surface area contributed by atoms with E-state index in [9.17, 15) is 18.0 Å². The lowest BCUT2D eigenvalue weighted by Crippen LogP contribution is -2.21. The van der Waals surface area contributed by atoms with Gasteiger partial charge in [-0.3, -0.25) is 0 Å². The molecule has 25 heavy (non-hydrogen) atoms. The minimum atomic E-state index is -0.989. The lowest BCUT2D eigenvalue weighted by Gasteiger charge is -2.13. The van der Waals surface area contributed by atoms with Gasteiger partial charge in [-0.15, -0.1) is 0 Å². The Labute approximate surface area is 141 Å². The number of aliphatic hydroxyl groups is 1. The second kappa shape index (κ2) is 8.36. The van der Waals surface area contributed by atoms with Crippen LogP contribution in [-0.2, 0) is 6.61 Å². The summed E-state index contributed by atoms with van der Waals surface area (Å²) in [6.45, 7) is 0.0290. The van der Waals surface area contributed by atoms with Crippen molar-refractivity contribution in [2.75, 3.05) is 29.0 Å². The van der Waals surface area contributed by atoms with Crippen molar-refractivity contribution in [1.29, 1.82) is 0 Å². The number of hydrogen-bond donors (Lipinski definition) is 5. The van der Waals surface area contributed by atoms with Gasteiger partial charge in [0.05, 0.1) is 12.3 Å². The lowest BCUT2D eigenvalue weighted by molar-refractivity contribution is 0.261. The SMILES string of the molecule is NCCNc1cc(F)cc(NC(=O)Nc2cc(F)cc(F)c2CO)c1. The number of nitrogens with one attached hydrogen (secondary N) is 3. The van der Waals surface area contributed by atoms with Crippen molar-refractivity contribution in [3.63, 3.8) is 0 Å². The third-order valence-corrected chi connectivity index (χ3v) is 3.20. The monoisotopic (exact) mass is 354 g/mol. The fourth-order valence-electron chi connectivity index (χ4n) is 2.14. The quantitative estimate of drug-likeness (QED) is 0.551. The summed E-state index contributed by atoms with van der Waals surface area (Å²) in [7, 11) is 0. The Morgan fingerprint density at radius 1 is 1.00 bits per heavy atom. The lowest BCUT2D eigenvalue weighted by atomic mass is 10.1. The second-order valence-electron chi connectivity index (χ2n) is 5.09. The van der Waals surface area contributed by atoms with Crippen molar-refractivity contribution in [2.24, 2.45) is 5.73 Å². The molecular formula is C16H17F3N4O2. The van der Waals surface area contributed by atoms with Crippen LogP contribution in [-0.4, -0.2) is 24.2 Å². The topological polar surface area (TPSA) is 99.4 Å². The van der Waals surface area contributed by atoms with Crippen LogP contribution in [0.1, 0.15) is 5.56 Å². The maximum Gasteiger partial charge on any atom is 0.323 e. The minimum Gasteiger partial charge on any atom is -0.391 e. The van der Waals surface area contributed by atoms with Gasteiger partial charge in [0.15, 0.2) is 0 Å². The van der Waals surface area contributed by atoms with Crippen molar-refractivity contribution in [3.05, 3.63) is 53.3 Å². The average molecular weight is 354 g/mol. The first-order valence-corrected chi connectivity index (χ1v) is 7.34. The number of carbonyl (C=O) groups is 1. The van der Waals surface area contributed by atoms with E-state index < -0.39 is 30.1 Å². The third kappa shape index (κ3) is 5.10. The van der Waals surface area contributed by atoms with Crippen molar-refractivity contribution >= 4 is 23.1 Å². The number of urea groups is 1. The zero-order valence-electron chi connectivity index (χ0n) is 13.1. The summed E-state index contributed by atoms with van der Waals surface area (Å²) in [4.78, 5) is 12.0. The van der Waals surface area contributed by atoms with Crippen molar-refractivity contribution in [1.82, 2.24) is 0 Å². The Kier molecular flexibility index (Phi) is 6.20. The summed E-state index contributed by atoms with van der Waals surface area (Å²) < 4.78 is 40.4. The Morgan fingerprint density at radius 2 is 1.68 bits per heavy atom. The van der Waals surface area contributed by atoms with Crippen LogP contribution >= 0.6 is 0 Å². The number of benzene rings is 2. The van der Waals surface area contributed by atoms with Gasteiger partial charge in [-0.25, -0.2) is 18.0 Å². The van der Waals surface area contributed by atoms with Crippen LogP contribution in [0.2, 0.25) is 0 Å². The van der Waals surface area contributed by atoms with E-state index in [4.69, 9.17) is 10.8 Å². The molecule has 2 aromatic rings. The van der Waals surface area contributed by atoms with Crippen LogP contribution in [0.25, 0.3) is 0 Å². The molecule has 0 unspecified atom stereocenters. The Bertz CT molecular complexity index is 771. The number of anilines is 3. The number of amides is 2. The van der Waals surface area contributed by atoms with Crippen LogP contribution in [0.15, 0.2) is 30.3 Å². The summed E-state index contributed by atoms with van der Waals surface area (Å²) >= 11 is 0. The normalized spacial score (nSPS) is 10.4. The standard InChI is InChI=1S/C16H17F3N4O2/c17-9-3-11(21-2-1-20)7-12(4-9)22-16(25)23-15-6-10(18)5-14(19)13(15)8-24/h3-7,21,24H,1-2,8,20H2,(H2,22,23,25). The van der Waals surface area contributed by atoms with Crippen molar-refractivity contribution in [3.8, 4) is 0 Å². The molecule has 0 aliphatic heterocycles. The summed E-state index contributed by atoms with van der Waals surface area (Å²) in [5, 5.41) is 16.6. The Morgan fingerprint density at radius 3 is 2.36 bits per heavy atom. The zero-order valence-corrected chi connectivity index (χ0v) is 13.1. The summed E-state index contributed by atoms with van der Waals surface area (Å²) in [6, 6.07) is 4.38. The van der Waals surface area contributed by atoms with E-state index in [1.54, 1.807) is 0 Å². The largest absolute Gasteiger partial charge is 0.391 e. The molecule has 2 amide bonds. The van der Waals surface area contributed by atoms with Gasteiger partial charge in [-0.2, -0.15) is 0 Å². The third-order valence-electron chi connectivity index (χ3n) is 3.20. The number of aliphatic hydroxyl groups excluding tert-OH is 1. The number of carbonyl (C=O) groups excluding carboxylic acids is 1. The molecule has 134 valence electrons. The van der Waals surface area contributed by atoms with Crippen LogP contribution in [0, 0.1) is 17.5 Å². The molecule has 6 N–H and O–H groups in total. The first-order chi connectivity index (χ1) is 11.9. The van der Waals surface area contributed by atoms with E-state index in [0.717, 1.165) is 12.1 Å². The minimum absolute atomic E-state index is 0.124. The van der Waals surface area contributed by atoms with E-state index in [-0.39, 0.29) is 16.9 Å². The van der Waals surface area contributed by atoms with Gasteiger partial charge in [0, 0.05) is 36.1 Å². The molecule has 0 atom stereocenters. The first-order valence-electron chi connectivity index (χ1n) is 7.34. The predicted octanol–water partition coefficient (Wildman–Crippen LogP) is 2.61. The van der Waals surface area contributed by atoms with Gasteiger partial charge in [0.2, 0.25) is 0 Å². The molecular weight excluding hydrogens is 337 g/mol. The molecule has 6 nitrogen and oxygen atoms in total. The highest BCUT2D eigenvalue weighted by atomic mass is 19.1. The summed E-state index contributed by atoms with van der Waals surface area (Å²) in [5.74, 6) is -2.49. The molecule has 0 heterocycles. The predicted molar refractivity (Wildman–Crippen MR) is 88.9 cm³/mol. The van der Waals surface area contributed by atoms with E-state index in [1.807, 2.05) is 0 Å². The van der Waals surface area contributed by atoms with Crippen LogP contribution in [0.3, 0.4) is 0 Å². The summed E-state index contributed by atoms with van der Waals surface area (Å²) in [6.07, 6.45) is 0. The molecule has 0 bridgehead atoms. The van der Waals surface area contributed by atoms with Crippen molar-refractivity contribution < 1.29 is 23.1 Å². The van der Waals surface area contributed by atoms with Gasteiger partial charge in [-0.1, -0.05) is 0 Å². The number of halogens is 3. The zero-order chi connectivity index (χ0) is 18.4. The van der Waals surface area contributed by atoms with Crippen LogP contribution in [0.4, 0.5) is 35.0 Å². The van der Waals surface area contributed by atoms with Crippen LogP contribution in [0.5, 0.6) is 0 Å². The second-order valence-corrected chi connectivity index (χ2v) is 5.09. The van der Waals surface area contributed by atoms with Gasteiger partial charge in [0.25, 0.3) is 0 Å². The highest BCUT2D eigenvalue weighted by Crippen LogP contribution is 2.22. The Balaban J connectivity index is 2.14. The van der Waals surface area contributed by atoms with Crippen molar-refractivity contribution in [2.45, 2.75) is 6.61 Å². The molecule has 0 aromatic heterocycles. The van der Waals surface area contributed by atoms with E-state index in [0.29, 0.717) is 24.8 Å².